The number of pyridine rings is 1. The van der Waals surface area contributed by atoms with Gasteiger partial charge in [0.25, 0.3) is 5.91 Å². The van der Waals surface area contributed by atoms with E-state index < -0.39 is 0 Å². The molecule has 0 spiro atoms. The summed E-state index contributed by atoms with van der Waals surface area (Å²) in [5, 5.41) is 2.79. The topological polar surface area (TPSA) is 69.7 Å². The Morgan fingerprint density at radius 2 is 1.56 bits per heavy atom. The Kier molecular flexibility index (Phi) is 5.56. The SMILES string of the molecule is COc1cc(OC)cc(C(=O)Nc2ccc(Oc3ccc(C)cc3)nc2)c1. The van der Waals surface area contributed by atoms with Crippen LogP contribution in [-0.2, 0) is 0 Å². The number of nitrogens with zero attached hydrogens (tertiary/aromatic N) is 1. The lowest BCUT2D eigenvalue weighted by Gasteiger charge is -2.10. The molecular weight excluding hydrogens is 344 g/mol. The average molecular weight is 364 g/mol. The van der Waals surface area contributed by atoms with Crippen LogP contribution in [0.1, 0.15) is 15.9 Å². The Hall–Kier alpha value is -3.54. The molecule has 1 heterocycles. The first-order valence-electron chi connectivity index (χ1n) is 8.32. The largest absolute Gasteiger partial charge is 0.497 e. The highest BCUT2D eigenvalue weighted by molar-refractivity contribution is 6.04. The zero-order valence-corrected chi connectivity index (χ0v) is 15.4. The van der Waals surface area contributed by atoms with Crippen molar-refractivity contribution in [3.8, 4) is 23.1 Å². The molecule has 6 heteroatoms. The third-order valence-corrected chi connectivity index (χ3v) is 3.85. The summed E-state index contributed by atoms with van der Waals surface area (Å²) in [5.74, 6) is 1.94. The Morgan fingerprint density at radius 3 is 2.11 bits per heavy atom. The van der Waals surface area contributed by atoms with Gasteiger partial charge in [-0.2, -0.15) is 0 Å². The van der Waals surface area contributed by atoms with E-state index in [9.17, 15) is 4.79 Å². The summed E-state index contributed by atoms with van der Waals surface area (Å²) in [5.41, 5.74) is 2.13. The van der Waals surface area contributed by atoms with Crippen LogP contribution >= 0.6 is 0 Å². The Bertz CT molecular complexity index is 900. The van der Waals surface area contributed by atoms with Crippen molar-refractivity contribution < 1.29 is 19.0 Å². The van der Waals surface area contributed by atoms with Crippen LogP contribution < -0.4 is 19.5 Å². The fourth-order valence-electron chi connectivity index (χ4n) is 2.38. The molecule has 1 aromatic heterocycles. The van der Waals surface area contributed by atoms with Crippen LogP contribution in [0.15, 0.2) is 60.8 Å². The highest BCUT2D eigenvalue weighted by atomic mass is 16.5. The number of carbonyl (C=O) groups is 1. The van der Waals surface area contributed by atoms with Crippen molar-refractivity contribution >= 4 is 11.6 Å². The summed E-state index contributed by atoms with van der Waals surface area (Å²) < 4.78 is 16.1. The molecule has 0 radical (unpaired) electrons. The molecule has 0 aliphatic carbocycles. The molecular formula is C21H20N2O4. The first kappa shape index (κ1) is 18.3. The van der Waals surface area contributed by atoms with Crippen molar-refractivity contribution in [1.82, 2.24) is 4.98 Å². The summed E-state index contributed by atoms with van der Waals surface area (Å²) in [6.07, 6.45) is 1.54. The van der Waals surface area contributed by atoms with Crippen molar-refractivity contribution in [2.24, 2.45) is 0 Å². The summed E-state index contributed by atoms with van der Waals surface area (Å²) >= 11 is 0. The summed E-state index contributed by atoms with van der Waals surface area (Å²) in [6, 6.07) is 16.1. The number of methoxy groups -OCH3 is 2. The van der Waals surface area contributed by atoms with E-state index in [4.69, 9.17) is 14.2 Å². The van der Waals surface area contributed by atoms with Gasteiger partial charge in [-0.05, 0) is 37.3 Å². The lowest BCUT2D eigenvalue weighted by Crippen LogP contribution is -2.12. The molecule has 0 atom stereocenters. The molecule has 6 nitrogen and oxygen atoms in total. The fourth-order valence-corrected chi connectivity index (χ4v) is 2.38. The van der Waals surface area contributed by atoms with Crippen molar-refractivity contribution in [2.45, 2.75) is 6.92 Å². The van der Waals surface area contributed by atoms with Crippen LogP contribution in [0.4, 0.5) is 5.69 Å². The van der Waals surface area contributed by atoms with Gasteiger partial charge in [0, 0.05) is 17.7 Å². The molecule has 138 valence electrons. The predicted octanol–water partition coefficient (Wildman–Crippen LogP) is 4.45. The second-order valence-electron chi connectivity index (χ2n) is 5.86. The predicted molar refractivity (Wildman–Crippen MR) is 103 cm³/mol. The summed E-state index contributed by atoms with van der Waals surface area (Å²) in [7, 11) is 3.07. The molecule has 0 fully saturated rings. The van der Waals surface area contributed by atoms with Gasteiger partial charge in [-0.15, -0.1) is 0 Å². The molecule has 3 rings (SSSR count). The number of nitrogens with one attached hydrogen (secondary N) is 1. The lowest BCUT2D eigenvalue weighted by molar-refractivity contribution is 0.102. The zero-order chi connectivity index (χ0) is 19.2. The van der Waals surface area contributed by atoms with Crippen molar-refractivity contribution in [2.75, 3.05) is 19.5 Å². The van der Waals surface area contributed by atoms with Gasteiger partial charge in [0.15, 0.2) is 0 Å². The molecule has 0 bridgehead atoms. The summed E-state index contributed by atoms with van der Waals surface area (Å²) in [4.78, 5) is 16.7. The number of ether oxygens (including phenoxy) is 3. The summed E-state index contributed by atoms with van der Waals surface area (Å²) in [6.45, 7) is 2.01. The minimum absolute atomic E-state index is 0.291. The van der Waals surface area contributed by atoms with Crippen molar-refractivity contribution in [1.29, 1.82) is 0 Å². The van der Waals surface area contributed by atoms with E-state index in [0.717, 1.165) is 5.56 Å². The van der Waals surface area contributed by atoms with Gasteiger partial charge < -0.3 is 19.5 Å². The number of aromatic nitrogens is 1. The second kappa shape index (κ2) is 8.23. The molecule has 0 aliphatic rings. The lowest BCUT2D eigenvalue weighted by atomic mass is 10.2. The molecule has 1 amide bonds. The van der Waals surface area contributed by atoms with Gasteiger partial charge >= 0.3 is 0 Å². The number of aryl methyl sites for hydroxylation is 1. The van der Waals surface area contributed by atoms with Crippen LogP contribution in [0.3, 0.4) is 0 Å². The van der Waals surface area contributed by atoms with Crippen molar-refractivity contribution in [3.63, 3.8) is 0 Å². The normalized spacial score (nSPS) is 10.2. The Labute approximate surface area is 157 Å². The molecule has 0 unspecified atom stereocenters. The number of benzene rings is 2. The van der Waals surface area contributed by atoms with E-state index in [0.29, 0.717) is 34.4 Å². The number of carbonyl (C=O) groups excluding carboxylic acids is 1. The quantitative estimate of drug-likeness (QED) is 0.700. The van der Waals surface area contributed by atoms with E-state index in [2.05, 4.69) is 10.3 Å². The zero-order valence-electron chi connectivity index (χ0n) is 15.4. The molecule has 2 aromatic carbocycles. The maximum atomic E-state index is 12.5. The van der Waals surface area contributed by atoms with Gasteiger partial charge in [0.2, 0.25) is 5.88 Å². The number of rotatable bonds is 6. The minimum atomic E-state index is -0.291. The number of amides is 1. The van der Waals surface area contributed by atoms with Crippen LogP contribution in [-0.4, -0.2) is 25.1 Å². The molecule has 0 saturated heterocycles. The highest BCUT2D eigenvalue weighted by Crippen LogP contribution is 2.24. The van der Waals surface area contributed by atoms with E-state index in [1.165, 1.54) is 14.2 Å². The standard InChI is InChI=1S/C21H20N2O4/c1-14-4-7-17(8-5-14)27-20-9-6-16(13-22-20)23-21(24)15-10-18(25-2)12-19(11-15)26-3/h4-13H,1-3H3,(H,23,24). The smallest absolute Gasteiger partial charge is 0.255 e. The molecule has 0 saturated carbocycles. The van der Waals surface area contributed by atoms with Gasteiger partial charge in [0.1, 0.15) is 17.2 Å². The number of hydrogen-bond donors (Lipinski definition) is 1. The maximum absolute atomic E-state index is 12.5. The maximum Gasteiger partial charge on any atom is 0.255 e. The van der Waals surface area contributed by atoms with Gasteiger partial charge in [-0.3, -0.25) is 4.79 Å². The third-order valence-electron chi connectivity index (χ3n) is 3.85. The number of anilines is 1. The monoisotopic (exact) mass is 364 g/mol. The first-order valence-corrected chi connectivity index (χ1v) is 8.32. The van der Waals surface area contributed by atoms with Crippen molar-refractivity contribution in [3.05, 3.63) is 71.9 Å². The van der Waals surface area contributed by atoms with Crippen LogP contribution in [0, 0.1) is 6.92 Å². The van der Waals surface area contributed by atoms with Crippen LogP contribution in [0.5, 0.6) is 23.1 Å². The minimum Gasteiger partial charge on any atom is -0.497 e. The van der Waals surface area contributed by atoms with Crippen LogP contribution in [0.25, 0.3) is 0 Å². The van der Waals surface area contributed by atoms with E-state index >= 15 is 0 Å². The first-order chi connectivity index (χ1) is 13.1. The Balaban J connectivity index is 1.69. The molecule has 3 aromatic rings. The Morgan fingerprint density at radius 1 is 0.889 bits per heavy atom. The molecule has 27 heavy (non-hydrogen) atoms. The number of hydrogen-bond acceptors (Lipinski definition) is 5. The van der Waals surface area contributed by atoms with Gasteiger partial charge in [-0.1, -0.05) is 17.7 Å². The third kappa shape index (κ3) is 4.76. The van der Waals surface area contributed by atoms with E-state index in [1.807, 2.05) is 31.2 Å². The average Bonchev–Trinajstić information content (AvgIpc) is 2.70. The molecule has 1 N–H and O–H groups in total. The molecule has 0 aliphatic heterocycles. The van der Waals surface area contributed by atoms with E-state index in [-0.39, 0.29) is 5.91 Å². The van der Waals surface area contributed by atoms with Gasteiger partial charge in [0.05, 0.1) is 26.1 Å². The van der Waals surface area contributed by atoms with E-state index in [1.54, 1.807) is 36.5 Å². The second-order valence-corrected chi connectivity index (χ2v) is 5.86. The van der Waals surface area contributed by atoms with Gasteiger partial charge in [-0.25, -0.2) is 4.98 Å². The fraction of sp³-hybridized carbons (Fsp3) is 0.143. The van der Waals surface area contributed by atoms with Crippen LogP contribution in [0.2, 0.25) is 0 Å². The highest BCUT2D eigenvalue weighted by Gasteiger charge is 2.11.